The lowest BCUT2D eigenvalue weighted by molar-refractivity contribution is 0.0773. The number of nitrogens with one attached hydrogen (secondary N) is 1. The van der Waals surface area contributed by atoms with Crippen molar-refractivity contribution in [3.05, 3.63) is 59.9 Å². The Kier molecular flexibility index (Phi) is 3.13. The lowest BCUT2D eigenvalue weighted by Gasteiger charge is -2.25. The van der Waals surface area contributed by atoms with Crippen LogP contribution in [-0.2, 0) is 0 Å². The first kappa shape index (κ1) is 13.0. The molecule has 0 bridgehead atoms. The number of amides is 1. The molecule has 104 valence electrons. The van der Waals surface area contributed by atoms with E-state index in [9.17, 15) is 4.79 Å². The van der Waals surface area contributed by atoms with Crippen LogP contribution < -0.4 is 0 Å². The van der Waals surface area contributed by atoms with Crippen LogP contribution in [0.2, 0.25) is 0 Å². The van der Waals surface area contributed by atoms with Crippen molar-refractivity contribution < 1.29 is 4.79 Å². The molecular formula is C17H20N2O. The predicted molar refractivity (Wildman–Crippen MR) is 79.7 cm³/mol. The Bertz CT molecular complexity index is 587. The highest BCUT2D eigenvalue weighted by atomic mass is 16.2. The van der Waals surface area contributed by atoms with Gasteiger partial charge in [-0.05, 0) is 23.1 Å². The molecule has 1 atom stereocenters. The van der Waals surface area contributed by atoms with E-state index in [1.165, 1.54) is 5.56 Å². The van der Waals surface area contributed by atoms with E-state index in [1.807, 2.05) is 23.1 Å². The van der Waals surface area contributed by atoms with Crippen LogP contribution in [-0.4, -0.2) is 28.9 Å². The summed E-state index contributed by atoms with van der Waals surface area (Å²) in [6.07, 6.45) is 1.79. The fourth-order valence-corrected chi connectivity index (χ4v) is 3.16. The highest BCUT2D eigenvalue weighted by molar-refractivity contribution is 5.92. The zero-order valence-electron chi connectivity index (χ0n) is 12.0. The van der Waals surface area contributed by atoms with E-state index in [2.05, 4.69) is 43.1 Å². The van der Waals surface area contributed by atoms with Gasteiger partial charge >= 0.3 is 0 Å². The zero-order valence-corrected chi connectivity index (χ0v) is 12.0. The highest BCUT2D eigenvalue weighted by Crippen LogP contribution is 2.42. The Morgan fingerprint density at radius 1 is 1.20 bits per heavy atom. The minimum atomic E-state index is 0.0986. The fraction of sp³-hybridized carbons (Fsp3) is 0.353. The van der Waals surface area contributed by atoms with Gasteiger partial charge in [0.25, 0.3) is 5.91 Å². The second-order valence-corrected chi connectivity index (χ2v) is 6.22. The van der Waals surface area contributed by atoms with Gasteiger partial charge in [-0.1, -0.05) is 44.2 Å². The Balaban J connectivity index is 1.84. The van der Waals surface area contributed by atoms with E-state index in [0.29, 0.717) is 11.6 Å². The number of nitrogens with zero attached hydrogens (tertiary/aromatic N) is 1. The van der Waals surface area contributed by atoms with Crippen molar-refractivity contribution in [2.45, 2.75) is 19.8 Å². The molecule has 0 unspecified atom stereocenters. The Hall–Kier alpha value is -2.03. The number of hydrogen-bond donors (Lipinski definition) is 1. The number of carbonyl (C=O) groups is 1. The van der Waals surface area contributed by atoms with Crippen LogP contribution in [0.3, 0.4) is 0 Å². The van der Waals surface area contributed by atoms with Gasteiger partial charge < -0.3 is 9.88 Å². The molecule has 3 nitrogen and oxygen atoms in total. The molecule has 1 aliphatic heterocycles. The molecule has 0 spiro atoms. The average molecular weight is 268 g/mol. The summed E-state index contributed by atoms with van der Waals surface area (Å²) in [7, 11) is 0. The number of rotatable bonds is 2. The standard InChI is InChI=1S/C17H20N2O/c1-17(2)12-19(16(20)15-9-6-10-18-15)11-14(17)13-7-4-3-5-8-13/h3-10,14,18H,11-12H2,1-2H3/t14-/m0/s1. The smallest absolute Gasteiger partial charge is 0.270 e. The van der Waals surface area contributed by atoms with Gasteiger partial charge in [0, 0.05) is 25.2 Å². The van der Waals surface area contributed by atoms with Gasteiger partial charge in [-0.3, -0.25) is 4.79 Å². The summed E-state index contributed by atoms with van der Waals surface area (Å²) in [6, 6.07) is 14.2. The van der Waals surface area contributed by atoms with E-state index < -0.39 is 0 Å². The van der Waals surface area contributed by atoms with Gasteiger partial charge in [0.15, 0.2) is 0 Å². The minimum absolute atomic E-state index is 0.0986. The molecule has 1 aliphatic rings. The van der Waals surface area contributed by atoms with E-state index in [0.717, 1.165) is 13.1 Å². The monoisotopic (exact) mass is 268 g/mol. The molecule has 1 aromatic carbocycles. The second-order valence-electron chi connectivity index (χ2n) is 6.22. The minimum Gasteiger partial charge on any atom is -0.357 e. The molecule has 2 aromatic rings. The number of hydrogen-bond acceptors (Lipinski definition) is 1. The molecule has 1 saturated heterocycles. The van der Waals surface area contributed by atoms with Crippen LogP contribution in [0.25, 0.3) is 0 Å². The summed E-state index contributed by atoms with van der Waals surface area (Å²) in [6.45, 7) is 6.07. The molecular weight excluding hydrogens is 248 g/mol. The zero-order chi connectivity index (χ0) is 14.2. The lowest BCUT2D eigenvalue weighted by atomic mass is 9.78. The number of aromatic amines is 1. The Labute approximate surface area is 119 Å². The second kappa shape index (κ2) is 4.82. The maximum Gasteiger partial charge on any atom is 0.270 e. The summed E-state index contributed by atoms with van der Waals surface area (Å²) in [5.74, 6) is 0.490. The predicted octanol–water partition coefficient (Wildman–Crippen LogP) is 3.28. The largest absolute Gasteiger partial charge is 0.357 e. The summed E-state index contributed by atoms with van der Waals surface area (Å²) in [5.41, 5.74) is 2.10. The first-order valence-electron chi connectivity index (χ1n) is 7.05. The van der Waals surface area contributed by atoms with E-state index >= 15 is 0 Å². The molecule has 1 fully saturated rings. The van der Waals surface area contributed by atoms with Crippen LogP contribution in [0.4, 0.5) is 0 Å². The molecule has 0 aliphatic carbocycles. The van der Waals surface area contributed by atoms with Crippen molar-refractivity contribution >= 4 is 5.91 Å². The molecule has 1 N–H and O–H groups in total. The van der Waals surface area contributed by atoms with Crippen molar-refractivity contribution in [1.82, 2.24) is 9.88 Å². The van der Waals surface area contributed by atoms with Gasteiger partial charge in [-0.15, -0.1) is 0 Å². The maximum atomic E-state index is 12.5. The SMILES string of the molecule is CC1(C)CN(C(=O)c2ccc[nH]2)C[C@H]1c1ccccc1. The number of likely N-dealkylation sites (tertiary alicyclic amines) is 1. The molecule has 0 saturated carbocycles. The van der Waals surface area contributed by atoms with Crippen molar-refractivity contribution in [3.8, 4) is 0 Å². The van der Waals surface area contributed by atoms with Gasteiger partial charge in [0.2, 0.25) is 0 Å². The van der Waals surface area contributed by atoms with Gasteiger partial charge in [-0.2, -0.15) is 0 Å². The van der Waals surface area contributed by atoms with Crippen LogP contribution >= 0.6 is 0 Å². The third kappa shape index (κ3) is 2.24. The van der Waals surface area contributed by atoms with E-state index in [4.69, 9.17) is 0 Å². The van der Waals surface area contributed by atoms with Crippen LogP contribution in [0.5, 0.6) is 0 Å². The molecule has 1 aromatic heterocycles. The van der Waals surface area contributed by atoms with Gasteiger partial charge in [0.05, 0.1) is 0 Å². The molecule has 0 radical (unpaired) electrons. The van der Waals surface area contributed by atoms with Crippen molar-refractivity contribution in [1.29, 1.82) is 0 Å². The van der Waals surface area contributed by atoms with Crippen molar-refractivity contribution in [2.75, 3.05) is 13.1 Å². The summed E-state index contributed by atoms with van der Waals surface area (Å²) in [4.78, 5) is 17.4. The van der Waals surface area contributed by atoms with Gasteiger partial charge in [0.1, 0.15) is 5.69 Å². The van der Waals surface area contributed by atoms with Crippen LogP contribution in [0, 0.1) is 5.41 Å². The molecule has 3 heteroatoms. The van der Waals surface area contributed by atoms with Crippen LogP contribution in [0.15, 0.2) is 48.7 Å². The molecule has 1 amide bonds. The molecule has 20 heavy (non-hydrogen) atoms. The van der Waals surface area contributed by atoms with Crippen molar-refractivity contribution in [3.63, 3.8) is 0 Å². The fourth-order valence-electron chi connectivity index (χ4n) is 3.16. The first-order chi connectivity index (χ1) is 9.58. The normalized spacial score (nSPS) is 21.1. The Morgan fingerprint density at radius 2 is 1.95 bits per heavy atom. The first-order valence-corrected chi connectivity index (χ1v) is 7.05. The molecule has 3 rings (SSSR count). The molecule has 2 heterocycles. The van der Waals surface area contributed by atoms with Gasteiger partial charge in [-0.25, -0.2) is 0 Å². The maximum absolute atomic E-state index is 12.5. The summed E-state index contributed by atoms with van der Waals surface area (Å²) in [5, 5.41) is 0. The number of benzene rings is 1. The summed E-state index contributed by atoms with van der Waals surface area (Å²) >= 11 is 0. The number of carbonyl (C=O) groups excluding carboxylic acids is 1. The number of aromatic nitrogens is 1. The third-order valence-electron chi connectivity index (χ3n) is 4.26. The average Bonchev–Trinajstić information content (AvgIpc) is 3.06. The lowest BCUT2D eigenvalue weighted by Crippen LogP contribution is -2.30. The topological polar surface area (TPSA) is 36.1 Å². The quantitative estimate of drug-likeness (QED) is 0.891. The van der Waals surface area contributed by atoms with E-state index in [-0.39, 0.29) is 11.3 Å². The van der Waals surface area contributed by atoms with E-state index in [1.54, 1.807) is 6.20 Å². The highest BCUT2D eigenvalue weighted by Gasteiger charge is 2.42. The summed E-state index contributed by atoms with van der Waals surface area (Å²) < 4.78 is 0. The van der Waals surface area contributed by atoms with Crippen LogP contribution in [0.1, 0.15) is 35.8 Å². The third-order valence-corrected chi connectivity index (χ3v) is 4.26. The number of H-pyrrole nitrogens is 1. The Morgan fingerprint density at radius 3 is 2.60 bits per heavy atom. The van der Waals surface area contributed by atoms with Crippen molar-refractivity contribution in [2.24, 2.45) is 5.41 Å².